The highest BCUT2D eigenvalue weighted by Gasteiger charge is 2.22. The Morgan fingerprint density at radius 3 is 2.37 bits per heavy atom. The average Bonchev–Trinajstić information content (AvgIpc) is 2.23. The summed E-state index contributed by atoms with van der Waals surface area (Å²) in [5.41, 5.74) is 5.19. The molecule has 0 rings (SSSR count). The Balaban J connectivity index is 4.27. The lowest BCUT2D eigenvalue weighted by Crippen LogP contribution is -2.55. The third kappa shape index (κ3) is 8.80. The maximum Gasteiger partial charge on any atom is 0.407 e. The maximum absolute atomic E-state index is 11.7. The van der Waals surface area contributed by atoms with Crippen molar-refractivity contribution in [3.05, 3.63) is 0 Å². The van der Waals surface area contributed by atoms with Crippen molar-refractivity contribution in [3.63, 3.8) is 0 Å². The molecule has 0 saturated carbocycles. The van der Waals surface area contributed by atoms with Crippen LogP contribution in [0.5, 0.6) is 0 Å². The van der Waals surface area contributed by atoms with E-state index in [1.807, 2.05) is 34.6 Å². The Hall–Kier alpha value is -0.850. The lowest BCUT2D eigenvalue weighted by molar-refractivity contribution is 0.0497. The van der Waals surface area contributed by atoms with E-state index in [9.17, 15) is 4.79 Å². The summed E-state index contributed by atoms with van der Waals surface area (Å²) in [6.45, 7) is 9.82. The van der Waals surface area contributed by atoms with E-state index in [0.717, 1.165) is 0 Å². The molecule has 0 radical (unpaired) electrons. The SMILES string of the molecule is CC(CCO)NC(CN)C(C)NC(=O)OC(C)(C)C. The standard InChI is InChI=1S/C13H29N3O3/c1-9(6-7-17)15-11(8-14)10(2)16-12(18)19-13(3,4)5/h9-11,15,17H,6-8,14H2,1-5H3,(H,16,18). The van der Waals surface area contributed by atoms with E-state index in [1.54, 1.807) is 0 Å². The summed E-state index contributed by atoms with van der Waals surface area (Å²) < 4.78 is 5.20. The van der Waals surface area contributed by atoms with Gasteiger partial charge in [0.2, 0.25) is 0 Å². The molecule has 0 aliphatic heterocycles. The lowest BCUT2D eigenvalue weighted by atomic mass is 10.1. The van der Waals surface area contributed by atoms with Crippen LogP contribution in [0, 0.1) is 0 Å². The van der Waals surface area contributed by atoms with Crippen molar-refractivity contribution in [2.45, 2.75) is 64.8 Å². The van der Waals surface area contributed by atoms with Gasteiger partial charge in [-0.2, -0.15) is 0 Å². The Morgan fingerprint density at radius 1 is 1.37 bits per heavy atom. The van der Waals surface area contributed by atoms with Crippen LogP contribution in [0.3, 0.4) is 0 Å². The van der Waals surface area contributed by atoms with E-state index in [-0.39, 0.29) is 24.7 Å². The van der Waals surface area contributed by atoms with E-state index >= 15 is 0 Å². The molecule has 3 atom stereocenters. The van der Waals surface area contributed by atoms with Gasteiger partial charge in [-0.15, -0.1) is 0 Å². The van der Waals surface area contributed by atoms with Crippen LogP contribution >= 0.6 is 0 Å². The monoisotopic (exact) mass is 275 g/mol. The Kier molecular flexibility index (Phi) is 7.97. The van der Waals surface area contributed by atoms with Crippen molar-refractivity contribution < 1.29 is 14.6 Å². The van der Waals surface area contributed by atoms with Crippen LogP contribution in [0.15, 0.2) is 0 Å². The number of hydrogen-bond acceptors (Lipinski definition) is 5. The van der Waals surface area contributed by atoms with Gasteiger partial charge in [0.1, 0.15) is 5.60 Å². The third-order valence-electron chi connectivity index (χ3n) is 2.66. The van der Waals surface area contributed by atoms with Crippen LogP contribution in [0.4, 0.5) is 4.79 Å². The molecule has 6 heteroatoms. The molecule has 1 amide bonds. The van der Waals surface area contributed by atoms with E-state index in [0.29, 0.717) is 13.0 Å². The van der Waals surface area contributed by atoms with Crippen LogP contribution in [0.25, 0.3) is 0 Å². The molecule has 0 aromatic heterocycles. The average molecular weight is 275 g/mol. The molecule has 19 heavy (non-hydrogen) atoms. The molecular weight excluding hydrogens is 246 g/mol. The second-order valence-corrected chi connectivity index (χ2v) is 5.86. The number of alkyl carbamates (subject to hydrolysis) is 1. The van der Waals surface area contributed by atoms with Crippen LogP contribution in [-0.2, 0) is 4.74 Å². The number of rotatable bonds is 7. The minimum absolute atomic E-state index is 0.0610. The molecule has 0 saturated heterocycles. The predicted molar refractivity (Wildman–Crippen MR) is 76.0 cm³/mol. The molecule has 3 unspecified atom stereocenters. The van der Waals surface area contributed by atoms with Crippen molar-refractivity contribution in [2.75, 3.05) is 13.2 Å². The molecule has 0 aromatic carbocycles. The predicted octanol–water partition coefficient (Wildman–Crippen LogP) is 0.587. The molecule has 114 valence electrons. The number of aliphatic hydroxyl groups is 1. The molecule has 0 aliphatic rings. The first-order chi connectivity index (χ1) is 8.69. The lowest BCUT2D eigenvalue weighted by Gasteiger charge is -2.29. The fourth-order valence-electron chi connectivity index (χ4n) is 1.65. The first-order valence-corrected chi connectivity index (χ1v) is 6.76. The molecule has 0 aliphatic carbocycles. The molecule has 0 fully saturated rings. The zero-order valence-electron chi connectivity index (χ0n) is 12.7. The molecule has 0 heterocycles. The number of carbonyl (C=O) groups is 1. The van der Waals surface area contributed by atoms with Crippen LogP contribution in [0.1, 0.15) is 41.0 Å². The molecule has 0 spiro atoms. The molecule has 6 nitrogen and oxygen atoms in total. The van der Waals surface area contributed by atoms with Crippen molar-refractivity contribution in [3.8, 4) is 0 Å². The highest BCUT2D eigenvalue weighted by atomic mass is 16.6. The molecule has 0 aromatic rings. The number of aliphatic hydroxyl groups excluding tert-OH is 1. The topological polar surface area (TPSA) is 96.6 Å². The Bertz CT molecular complexity index is 266. The van der Waals surface area contributed by atoms with Crippen molar-refractivity contribution >= 4 is 6.09 Å². The van der Waals surface area contributed by atoms with Gasteiger partial charge in [-0.25, -0.2) is 4.79 Å². The highest BCUT2D eigenvalue weighted by molar-refractivity contribution is 5.68. The van der Waals surface area contributed by atoms with E-state index in [4.69, 9.17) is 15.6 Å². The molecular formula is C13H29N3O3. The highest BCUT2D eigenvalue weighted by Crippen LogP contribution is 2.07. The van der Waals surface area contributed by atoms with Crippen molar-refractivity contribution in [1.29, 1.82) is 0 Å². The zero-order valence-corrected chi connectivity index (χ0v) is 12.7. The van der Waals surface area contributed by atoms with Crippen molar-refractivity contribution in [1.82, 2.24) is 10.6 Å². The first kappa shape index (κ1) is 18.1. The Morgan fingerprint density at radius 2 is 1.95 bits per heavy atom. The van der Waals surface area contributed by atoms with E-state index in [1.165, 1.54) is 0 Å². The molecule has 0 bridgehead atoms. The van der Waals surface area contributed by atoms with Gasteiger partial charge in [0.15, 0.2) is 0 Å². The van der Waals surface area contributed by atoms with E-state index < -0.39 is 11.7 Å². The number of nitrogens with one attached hydrogen (secondary N) is 2. The normalized spacial score (nSPS) is 16.6. The summed E-state index contributed by atoms with van der Waals surface area (Å²) in [5.74, 6) is 0. The van der Waals surface area contributed by atoms with Gasteiger partial charge >= 0.3 is 6.09 Å². The number of hydrogen-bond donors (Lipinski definition) is 4. The van der Waals surface area contributed by atoms with Crippen LogP contribution in [-0.4, -0.2) is 48.1 Å². The minimum atomic E-state index is -0.514. The summed E-state index contributed by atoms with van der Waals surface area (Å²) in [5, 5.41) is 14.9. The third-order valence-corrected chi connectivity index (χ3v) is 2.66. The van der Waals surface area contributed by atoms with Gasteiger partial charge < -0.3 is 26.2 Å². The Labute approximate surface area is 116 Å². The second-order valence-electron chi connectivity index (χ2n) is 5.86. The zero-order chi connectivity index (χ0) is 15.1. The summed E-state index contributed by atoms with van der Waals surface area (Å²) in [4.78, 5) is 11.7. The fourth-order valence-corrected chi connectivity index (χ4v) is 1.65. The van der Waals surface area contributed by atoms with E-state index in [2.05, 4.69) is 10.6 Å². The van der Waals surface area contributed by atoms with Gasteiger partial charge in [0.05, 0.1) is 0 Å². The summed E-state index contributed by atoms with van der Waals surface area (Å²) >= 11 is 0. The quantitative estimate of drug-likeness (QED) is 0.545. The van der Waals surface area contributed by atoms with Crippen molar-refractivity contribution in [2.24, 2.45) is 5.73 Å². The molecule has 5 N–H and O–H groups in total. The summed E-state index contributed by atoms with van der Waals surface area (Å²) in [7, 11) is 0. The fraction of sp³-hybridized carbons (Fsp3) is 0.923. The summed E-state index contributed by atoms with van der Waals surface area (Å²) in [6.07, 6.45) is 0.199. The van der Waals surface area contributed by atoms with Crippen LogP contribution < -0.4 is 16.4 Å². The maximum atomic E-state index is 11.7. The largest absolute Gasteiger partial charge is 0.444 e. The number of carbonyl (C=O) groups excluding carboxylic acids is 1. The summed E-state index contributed by atoms with van der Waals surface area (Å²) in [6, 6.07) is -0.0727. The number of amides is 1. The second kappa shape index (κ2) is 8.35. The van der Waals surface area contributed by atoms with Crippen LogP contribution in [0.2, 0.25) is 0 Å². The smallest absolute Gasteiger partial charge is 0.407 e. The van der Waals surface area contributed by atoms with Gasteiger partial charge in [0, 0.05) is 31.3 Å². The van der Waals surface area contributed by atoms with Gasteiger partial charge in [0.25, 0.3) is 0 Å². The van der Waals surface area contributed by atoms with Gasteiger partial charge in [-0.1, -0.05) is 0 Å². The minimum Gasteiger partial charge on any atom is -0.444 e. The van der Waals surface area contributed by atoms with Gasteiger partial charge in [-0.3, -0.25) is 0 Å². The number of ether oxygens (including phenoxy) is 1. The number of nitrogens with two attached hydrogens (primary N) is 1. The van der Waals surface area contributed by atoms with Gasteiger partial charge in [-0.05, 0) is 41.0 Å². The first-order valence-electron chi connectivity index (χ1n) is 6.76.